The number of benzene rings is 1. The van der Waals surface area contributed by atoms with Crippen LogP contribution in [0.25, 0.3) is 11.3 Å². The van der Waals surface area contributed by atoms with Gasteiger partial charge in [0.25, 0.3) is 0 Å². The number of rotatable bonds is 6. The van der Waals surface area contributed by atoms with E-state index in [9.17, 15) is 0 Å². The Hall–Kier alpha value is -2.10. The third-order valence-electron chi connectivity index (χ3n) is 3.08. The first-order valence-electron chi connectivity index (χ1n) is 7.50. The fourth-order valence-electron chi connectivity index (χ4n) is 2.09. The fourth-order valence-corrected chi connectivity index (χ4v) is 2.09. The summed E-state index contributed by atoms with van der Waals surface area (Å²) in [6.45, 7) is 9.72. The summed E-state index contributed by atoms with van der Waals surface area (Å²) in [6, 6.07) is 9.97. The molecule has 0 saturated carbocycles. The lowest BCUT2D eigenvalue weighted by molar-refractivity contribution is 0.341. The van der Waals surface area contributed by atoms with Gasteiger partial charge in [-0.3, -0.25) is 0 Å². The maximum absolute atomic E-state index is 5.71. The van der Waals surface area contributed by atoms with Gasteiger partial charge in [-0.25, -0.2) is 9.97 Å². The maximum Gasteiger partial charge on any atom is 0.133 e. The number of ether oxygens (including phenoxy) is 1. The van der Waals surface area contributed by atoms with Gasteiger partial charge in [0, 0.05) is 24.1 Å². The van der Waals surface area contributed by atoms with E-state index in [1.165, 1.54) is 0 Å². The van der Waals surface area contributed by atoms with Gasteiger partial charge in [0.1, 0.15) is 17.4 Å². The summed E-state index contributed by atoms with van der Waals surface area (Å²) in [7, 11) is 0. The van der Waals surface area contributed by atoms with E-state index in [0.717, 1.165) is 35.2 Å². The van der Waals surface area contributed by atoms with E-state index in [1.807, 2.05) is 37.3 Å². The smallest absolute Gasteiger partial charge is 0.133 e. The standard InChI is InChI=1S/C17H23N3O/c1-5-18-16-11-14(19-17(20-16)12(3)4)13-9-7-8-10-15(13)21-6-2/h7-12H,5-6H2,1-4H3,(H,18,19,20). The number of para-hydroxylation sites is 1. The summed E-state index contributed by atoms with van der Waals surface area (Å²) in [5, 5.41) is 3.27. The van der Waals surface area contributed by atoms with E-state index in [-0.39, 0.29) is 5.92 Å². The molecule has 0 bridgehead atoms. The highest BCUT2D eigenvalue weighted by Gasteiger charge is 2.12. The second-order valence-corrected chi connectivity index (χ2v) is 5.11. The highest BCUT2D eigenvalue weighted by molar-refractivity contribution is 5.69. The third kappa shape index (κ3) is 3.72. The van der Waals surface area contributed by atoms with Crippen molar-refractivity contribution in [2.24, 2.45) is 0 Å². The average Bonchev–Trinajstić information content (AvgIpc) is 2.48. The van der Waals surface area contributed by atoms with E-state index < -0.39 is 0 Å². The molecule has 0 amide bonds. The molecule has 0 radical (unpaired) electrons. The van der Waals surface area contributed by atoms with Crippen molar-refractivity contribution in [3.8, 4) is 17.0 Å². The SMILES string of the molecule is CCNc1cc(-c2ccccc2OCC)nc(C(C)C)n1. The van der Waals surface area contributed by atoms with Gasteiger partial charge in [0.05, 0.1) is 12.3 Å². The molecule has 2 rings (SSSR count). The van der Waals surface area contributed by atoms with Gasteiger partial charge >= 0.3 is 0 Å². The molecule has 4 heteroatoms. The predicted molar refractivity (Wildman–Crippen MR) is 86.9 cm³/mol. The summed E-state index contributed by atoms with van der Waals surface area (Å²) < 4.78 is 5.71. The molecule has 0 unspecified atom stereocenters. The molecule has 1 aromatic carbocycles. The van der Waals surface area contributed by atoms with Crippen LogP contribution in [0.2, 0.25) is 0 Å². The largest absolute Gasteiger partial charge is 0.493 e. The molecule has 0 fully saturated rings. The van der Waals surface area contributed by atoms with Crippen molar-refractivity contribution in [3.63, 3.8) is 0 Å². The van der Waals surface area contributed by atoms with Crippen molar-refractivity contribution >= 4 is 5.82 Å². The van der Waals surface area contributed by atoms with Gasteiger partial charge in [-0.2, -0.15) is 0 Å². The summed E-state index contributed by atoms with van der Waals surface area (Å²) in [4.78, 5) is 9.26. The Labute approximate surface area is 126 Å². The highest BCUT2D eigenvalue weighted by Crippen LogP contribution is 2.30. The lowest BCUT2D eigenvalue weighted by Gasteiger charge is -2.13. The van der Waals surface area contributed by atoms with Crippen LogP contribution in [0.1, 0.15) is 39.4 Å². The third-order valence-corrected chi connectivity index (χ3v) is 3.08. The molecule has 0 aliphatic carbocycles. The van der Waals surface area contributed by atoms with Crippen LogP contribution in [-0.4, -0.2) is 23.1 Å². The minimum absolute atomic E-state index is 0.279. The molecule has 0 aliphatic heterocycles. The van der Waals surface area contributed by atoms with E-state index in [4.69, 9.17) is 9.72 Å². The number of aromatic nitrogens is 2. The van der Waals surface area contributed by atoms with Crippen LogP contribution >= 0.6 is 0 Å². The lowest BCUT2D eigenvalue weighted by Crippen LogP contribution is -2.06. The highest BCUT2D eigenvalue weighted by atomic mass is 16.5. The van der Waals surface area contributed by atoms with Gasteiger partial charge in [-0.15, -0.1) is 0 Å². The van der Waals surface area contributed by atoms with Gasteiger partial charge in [0.15, 0.2) is 0 Å². The Morgan fingerprint density at radius 1 is 1.14 bits per heavy atom. The van der Waals surface area contributed by atoms with Crippen LogP contribution in [0.15, 0.2) is 30.3 Å². The Kier molecular flexibility index (Phi) is 5.14. The zero-order valence-corrected chi connectivity index (χ0v) is 13.2. The normalized spacial score (nSPS) is 10.7. The Morgan fingerprint density at radius 3 is 2.57 bits per heavy atom. The number of nitrogens with one attached hydrogen (secondary N) is 1. The Bertz CT molecular complexity index is 596. The van der Waals surface area contributed by atoms with Crippen molar-refractivity contribution in [1.82, 2.24) is 9.97 Å². The fraction of sp³-hybridized carbons (Fsp3) is 0.412. The van der Waals surface area contributed by atoms with Crippen LogP contribution < -0.4 is 10.1 Å². The van der Waals surface area contributed by atoms with Crippen molar-refractivity contribution < 1.29 is 4.74 Å². The molecule has 2 aromatic rings. The number of hydrogen-bond donors (Lipinski definition) is 1. The van der Waals surface area contributed by atoms with Crippen LogP contribution in [-0.2, 0) is 0 Å². The monoisotopic (exact) mass is 285 g/mol. The second kappa shape index (κ2) is 7.07. The molecule has 1 N–H and O–H groups in total. The summed E-state index contributed by atoms with van der Waals surface area (Å²) in [6.07, 6.45) is 0. The summed E-state index contributed by atoms with van der Waals surface area (Å²) >= 11 is 0. The van der Waals surface area contributed by atoms with Gasteiger partial charge in [0.2, 0.25) is 0 Å². The zero-order chi connectivity index (χ0) is 15.2. The van der Waals surface area contributed by atoms with Crippen LogP contribution in [0.3, 0.4) is 0 Å². The van der Waals surface area contributed by atoms with Crippen molar-refractivity contribution in [2.45, 2.75) is 33.6 Å². The van der Waals surface area contributed by atoms with Gasteiger partial charge < -0.3 is 10.1 Å². The Balaban J connectivity index is 2.52. The minimum Gasteiger partial charge on any atom is -0.493 e. The average molecular weight is 285 g/mol. The first-order valence-corrected chi connectivity index (χ1v) is 7.50. The van der Waals surface area contributed by atoms with Crippen LogP contribution in [0.4, 0.5) is 5.82 Å². The first-order chi connectivity index (χ1) is 10.2. The van der Waals surface area contributed by atoms with Crippen LogP contribution in [0, 0.1) is 0 Å². The van der Waals surface area contributed by atoms with Crippen LogP contribution in [0.5, 0.6) is 5.75 Å². The predicted octanol–water partition coefficient (Wildman–Crippen LogP) is 4.10. The first kappa shape index (κ1) is 15.3. The van der Waals surface area contributed by atoms with E-state index in [0.29, 0.717) is 6.61 Å². The molecule has 1 heterocycles. The molecular weight excluding hydrogens is 262 g/mol. The molecule has 0 spiro atoms. The number of anilines is 1. The number of nitrogens with zero attached hydrogens (tertiary/aromatic N) is 2. The molecule has 0 atom stereocenters. The molecule has 0 saturated heterocycles. The maximum atomic E-state index is 5.71. The van der Waals surface area contributed by atoms with Gasteiger partial charge in [-0.1, -0.05) is 26.0 Å². The van der Waals surface area contributed by atoms with Gasteiger partial charge in [-0.05, 0) is 26.0 Å². The van der Waals surface area contributed by atoms with E-state index in [2.05, 4.69) is 31.1 Å². The molecule has 1 aromatic heterocycles. The lowest BCUT2D eigenvalue weighted by atomic mass is 10.1. The van der Waals surface area contributed by atoms with Crippen molar-refractivity contribution in [1.29, 1.82) is 0 Å². The molecule has 4 nitrogen and oxygen atoms in total. The molecular formula is C17H23N3O. The zero-order valence-electron chi connectivity index (χ0n) is 13.2. The molecule has 112 valence electrons. The molecule has 21 heavy (non-hydrogen) atoms. The minimum atomic E-state index is 0.279. The Morgan fingerprint density at radius 2 is 1.90 bits per heavy atom. The number of hydrogen-bond acceptors (Lipinski definition) is 4. The molecule has 0 aliphatic rings. The summed E-state index contributed by atoms with van der Waals surface area (Å²) in [5.74, 6) is 2.84. The van der Waals surface area contributed by atoms with Crippen molar-refractivity contribution in [3.05, 3.63) is 36.2 Å². The quantitative estimate of drug-likeness (QED) is 0.868. The summed E-state index contributed by atoms with van der Waals surface area (Å²) in [5.41, 5.74) is 1.90. The second-order valence-electron chi connectivity index (χ2n) is 5.11. The van der Waals surface area contributed by atoms with E-state index >= 15 is 0 Å². The van der Waals surface area contributed by atoms with E-state index in [1.54, 1.807) is 0 Å². The van der Waals surface area contributed by atoms with Crippen molar-refractivity contribution in [2.75, 3.05) is 18.5 Å². The topological polar surface area (TPSA) is 47.0 Å².